The number of amides is 2. The molecule has 0 bridgehead atoms. The van der Waals surface area contributed by atoms with E-state index in [-0.39, 0.29) is 24.9 Å². The number of benzene rings is 2. The van der Waals surface area contributed by atoms with Crippen LogP contribution in [0.1, 0.15) is 12.5 Å². The lowest BCUT2D eigenvalue weighted by Crippen LogP contribution is -2.52. The molecule has 1 atom stereocenters. The number of hydrogen-bond donors (Lipinski definition) is 2. The Kier molecular flexibility index (Phi) is 4.57. The van der Waals surface area contributed by atoms with Crippen molar-refractivity contribution in [3.63, 3.8) is 0 Å². The fraction of sp³-hybridized carbons (Fsp3) is 0.190. The first kappa shape index (κ1) is 17.8. The van der Waals surface area contributed by atoms with E-state index in [0.29, 0.717) is 11.4 Å². The second kappa shape index (κ2) is 7.19. The molecule has 0 radical (unpaired) electrons. The van der Waals surface area contributed by atoms with Crippen molar-refractivity contribution in [2.45, 2.75) is 19.4 Å². The van der Waals surface area contributed by atoms with Crippen molar-refractivity contribution < 1.29 is 14.7 Å². The van der Waals surface area contributed by atoms with Gasteiger partial charge in [0.25, 0.3) is 0 Å². The first-order valence-corrected chi connectivity index (χ1v) is 9.04. The van der Waals surface area contributed by atoms with E-state index < -0.39 is 6.09 Å². The molecule has 2 amide bonds. The Hall–Kier alpha value is -3.61. The Morgan fingerprint density at radius 3 is 2.61 bits per heavy atom. The van der Waals surface area contributed by atoms with E-state index in [0.717, 1.165) is 16.7 Å². The quantitative estimate of drug-likeness (QED) is 0.732. The molecule has 0 aliphatic carbocycles. The van der Waals surface area contributed by atoms with Gasteiger partial charge < -0.3 is 10.0 Å². The molecule has 1 aromatic heterocycles. The van der Waals surface area contributed by atoms with Gasteiger partial charge in [-0.3, -0.25) is 14.8 Å². The highest BCUT2D eigenvalue weighted by Crippen LogP contribution is 2.39. The molecule has 1 aliphatic heterocycles. The summed E-state index contributed by atoms with van der Waals surface area (Å²) in [4.78, 5) is 27.9. The van der Waals surface area contributed by atoms with Crippen LogP contribution in [0.15, 0.2) is 60.9 Å². The van der Waals surface area contributed by atoms with Crippen LogP contribution in [0.4, 0.5) is 16.2 Å². The molecule has 0 unspecified atom stereocenters. The number of nitrogens with one attached hydrogen (secondary N) is 1. The maximum atomic E-state index is 13.1. The number of aromatic amines is 1. The van der Waals surface area contributed by atoms with E-state index in [9.17, 15) is 14.7 Å². The number of rotatable bonds is 3. The molecule has 3 aromatic rings. The third-order valence-corrected chi connectivity index (χ3v) is 4.94. The lowest BCUT2D eigenvalue weighted by molar-refractivity contribution is -0.118. The van der Waals surface area contributed by atoms with E-state index in [4.69, 9.17) is 0 Å². The zero-order valence-corrected chi connectivity index (χ0v) is 15.4. The van der Waals surface area contributed by atoms with Crippen molar-refractivity contribution >= 4 is 23.4 Å². The van der Waals surface area contributed by atoms with Crippen LogP contribution in [-0.4, -0.2) is 39.9 Å². The highest BCUT2D eigenvalue weighted by Gasteiger charge is 2.35. The molecule has 2 N–H and O–H groups in total. The van der Waals surface area contributed by atoms with Gasteiger partial charge in [0.15, 0.2) is 0 Å². The van der Waals surface area contributed by atoms with Gasteiger partial charge in [0.1, 0.15) is 0 Å². The summed E-state index contributed by atoms with van der Waals surface area (Å²) in [7, 11) is 0. The minimum Gasteiger partial charge on any atom is -0.465 e. The molecular formula is C21H20N4O3. The summed E-state index contributed by atoms with van der Waals surface area (Å²) in [5.41, 5.74) is 3.73. The van der Waals surface area contributed by atoms with Gasteiger partial charge in [-0.1, -0.05) is 36.4 Å². The monoisotopic (exact) mass is 376 g/mol. The first-order chi connectivity index (χ1) is 13.5. The van der Waals surface area contributed by atoms with Crippen molar-refractivity contribution in [3.05, 3.63) is 66.5 Å². The van der Waals surface area contributed by atoms with Gasteiger partial charge in [-0.2, -0.15) is 5.10 Å². The number of aromatic nitrogens is 2. The van der Waals surface area contributed by atoms with Gasteiger partial charge >= 0.3 is 6.09 Å². The lowest BCUT2D eigenvalue weighted by atomic mass is 10.0. The number of anilines is 2. The van der Waals surface area contributed by atoms with Crippen LogP contribution < -0.4 is 9.80 Å². The number of carbonyl (C=O) groups excluding carboxylic acids is 1. The average Bonchev–Trinajstić information content (AvgIpc) is 3.22. The summed E-state index contributed by atoms with van der Waals surface area (Å²) in [6.07, 6.45) is 2.65. The van der Waals surface area contributed by atoms with Crippen LogP contribution in [0.25, 0.3) is 11.1 Å². The zero-order valence-electron chi connectivity index (χ0n) is 15.4. The summed E-state index contributed by atoms with van der Waals surface area (Å²) < 4.78 is 0. The Labute approximate surface area is 162 Å². The Morgan fingerprint density at radius 2 is 1.93 bits per heavy atom. The fourth-order valence-electron chi connectivity index (χ4n) is 3.63. The van der Waals surface area contributed by atoms with Crippen molar-refractivity contribution in [1.29, 1.82) is 0 Å². The summed E-state index contributed by atoms with van der Waals surface area (Å²) in [6.45, 7) is 2.09. The van der Waals surface area contributed by atoms with E-state index in [1.165, 1.54) is 4.90 Å². The smallest absolute Gasteiger partial charge is 0.411 e. The SMILES string of the molecule is C[C@H]1CN(C(=O)O)c2cc(-c3cn[nH]c3)ccc2N1C(=O)Cc1ccccc1. The van der Waals surface area contributed by atoms with Crippen LogP contribution in [0, 0.1) is 0 Å². The number of nitrogens with zero attached hydrogens (tertiary/aromatic N) is 3. The van der Waals surface area contributed by atoms with Crippen molar-refractivity contribution in [2.24, 2.45) is 0 Å². The van der Waals surface area contributed by atoms with Gasteiger partial charge in [-0.05, 0) is 30.2 Å². The molecule has 7 nitrogen and oxygen atoms in total. The second-order valence-corrected chi connectivity index (χ2v) is 6.86. The van der Waals surface area contributed by atoms with E-state index in [2.05, 4.69) is 10.2 Å². The molecule has 0 saturated heterocycles. The third kappa shape index (κ3) is 3.22. The van der Waals surface area contributed by atoms with Crippen molar-refractivity contribution in [2.75, 3.05) is 16.3 Å². The molecule has 0 spiro atoms. The van der Waals surface area contributed by atoms with Gasteiger partial charge in [0.2, 0.25) is 5.91 Å². The number of H-pyrrole nitrogens is 1. The zero-order chi connectivity index (χ0) is 19.7. The van der Waals surface area contributed by atoms with Gasteiger partial charge in [0.05, 0.1) is 30.0 Å². The van der Waals surface area contributed by atoms with Gasteiger partial charge in [0, 0.05) is 18.3 Å². The summed E-state index contributed by atoms with van der Waals surface area (Å²) >= 11 is 0. The first-order valence-electron chi connectivity index (χ1n) is 9.04. The summed E-state index contributed by atoms with van der Waals surface area (Å²) in [5.74, 6) is -0.0546. The van der Waals surface area contributed by atoms with Gasteiger partial charge in [-0.15, -0.1) is 0 Å². The molecule has 2 aromatic carbocycles. The van der Waals surface area contributed by atoms with Crippen LogP contribution in [-0.2, 0) is 11.2 Å². The van der Waals surface area contributed by atoms with E-state index in [1.807, 2.05) is 49.4 Å². The lowest BCUT2D eigenvalue weighted by Gasteiger charge is -2.40. The van der Waals surface area contributed by atoms with Crippen LogP contribution in [0.3, 0.4) is 0 Å². The summed E-state index contributed by atoms with van der Waals surface area (Å²) in [6, 6.07) is 14.8. The molecule has 0 fully saturated rings. The fourth-order valence-corrected chi connectivity index (χ4v) is 3.63. The van der Waals surface area contributed by atoms with Crippen molar-refractivity contribution in [1.82, 2.24) is 10.2 Å². The molecule has 7 heteroatoms. The van der Waals surface area contributed by atoms with Crippen LogP contribution in [0.2, 0.25) is 0 Å². The Balaban J connectivity index is 1.74. The highest BCUT2D eigenvalue weighted by atomic mass is 16.4. The minimum absolute atomic E-state index is 0.0546. The predicted octanol–water partition coefficient (Wildman–Crippen LogP) is 3.54. The topological polar surface area (TPSA) is 89.5 Å². The molecule has 0 saturated carbocycles. The van der Waals surface area contributed by atoms with Crippen LogP contribution in [0.5, 0.6) is 0 Å². The summed E-state index contributed by atoms with van der Waals surface area (Å²) in [5, 5.41) is 16.4. The van der Waals surface area contributed by atoms with E-state index >= 15 is 0 Å². The van der Waals surface area contributed by atoms with Crippen molar-refractivity contribution in [3.8, 4) is 11.1 Å². The van der Waals surface area contributed by atoms with Crippen LogP contribution >= 0.6 is 0 Å². The largest absolute Gasteiger partial charge is 0.465 e. The standard InChI is InChI=1S/C21H20N4O3/c1-14-13-24(21(27)28)19-10-16(17-11-22-23-12-17)7-8-18(19)25(14)20(26)9-15-5-3-2-4-6-15/h2-8,10-12,14H,9,13H2,1H3,(H,22,23)(H,27,28)/t14-/m0/s1. The molecule has 142 valence electrons. The molecule has 28 heavy (non-hydrogen) atoms. The molecule has 2 heterocycles. The Morgan fingerprint density at radius 1 is 1.14 bits per heavy atom. The normalized spacial score (nSPS) is 16.0. The third-order valence-electron chi connectivity index (χ3n) is 4.94. The number of carbonyl (C=O) groups is 2. The minimum atomic E-state index is -1.03. The average molecular weight is 376 g/mol. The molecule has 1 aliphatic rings. The number of carboxylic acid groups (broad SMARTS) is 1. The number of hydrogen-bond acceptors (Lipinski definition) is 3. The number of fused-ring (bicyclic) bond motifs is 1. The Bertz CT molecular complexity index is 1000. The molecule has 4 rings (SSSR count). The van der Waals surface area contributed by atoms with E-state index in [1.54, 1.807) is 23.4 Å². The highest BCUT2D eigenvalue weighted by molar-refractivity contribution is 6.04. The molecular weight excluding hydrogens is 356 g/mol. The maximum Gasteiger partial charge on any atom is 0.411 e. The van der Waals surface area contributed by atoms with Gasteiger partial charge in [-0.25, -0.2) is 4.79 Å². The second-order valence-electron chi connectivity index (χ2n) is 6.86. The maximum absolute atomic E-state index is 13.1. The predicted molar refractivity (Wildman–Crippen MR) is 106 cm³/mol.